The maximum Gasteiger partial charge on any atom is 0.333 e. The highest BCUT2D eigenvalue weighted by molar-refractivity contribution is 6.94. The van der Waals surface area contributed by atoms with Gasteiger partial charge in [-0.3, -0.25) is 0 Å². The highest BCUT2D eigenvalue weighted by atomic mass is 16.3. The third kappa shape index (κ3) is 4.82. The molecule has 0 bridgehead atoms. The summed E-state index contributed by atoms with van der Waals surface area (Å²) in [6, 6.07) is 51.3. The van der Waals surface area contributed by atoms with E-state index in [-0.39, 0.29) is 28.5 Å². The Morgan fingerprint density at radius 2 is 1.15 bits per heavy atom. The molecule has 4 nitrogen and oxygen atoms in total. The number of hydrogen-bond acceptors (Lipinski definition) is 3. The zero-order valence-corrected chi connectivity index (χ0v) is 40.4. The van der Waals surface area contributed by atoms with Gasteiger partial charge in [-0.15, -0.1) is 0 Å². The first-order chi connectivity index (χ1) is 32.6. The average Bonchev–Trinajstić information content (AvgIpc) is 4.03. The van der Waals surface area contributed by atoms with Crippen molar-refractivity contribution in [1.29, 1.82) is 0 Å². The minimum atomic E-state index is -0.161. The van der Waals surface area contributed by atoms with E-state index in [2.05, 4.69) is 205 Å². The molecule has 0 amide bonds. The SMILES string of the molecule is CC(C)(C)c1ccc(N2B3c4cc5oc6ccccc6c5cc4-n4c5cc6c(cc5c5ccc(c3c54)-c3cc4c(cc32)oc2cc3c(cc24)C(C)(C)CCC3(C)C)-c2ccccc2C6(C)C)cc1. The normalized spacial score (nSPS) is 17.1. The number of para-hydroxylation sites is 1. The van der Waals surface area contributed by atoms with Crippen LogP contribution in [0.3, 0.4) is 0 Å². The van der Waals surface area contributed by atoms with Gasteiger partial charge in [0.25, 0.3) is 0 Å². The minimum absolute atomic E-state index is 0.0144. The van der Waals surface area contributed by atoms with E-state index in [0.717, 1.165) is 50.9 Å². The number of anilines is 2. The van der Waals surface area contributed by atoms with E-state index in [1.165, 1.54) is 106 Å². The number of rotatable bonds is 1. The highest BCUT2D eigenvalue weighted by Crippen LogP contribution is 2.54. The third-order valence-electron chi connectivity index (χ3n) is 17.4. The molecule has 68 heavy (non-hydrogen) atoms. The average molecular weight is 881 g/mol. The van der Waals surface area contributed by atoms with Crippen LogP contribution in [0.2, 0.25) is 0 Å². The van der Waals surface area contributed by atoms with Crippen molar-refractivity contribution in [3.05, 3.63) is 161 Å². The molecule has 0 unspecified atom stereocenters. The maximum absolute atomic E-state index is 7.07. The van der Waals surface area contributed by atoms with Gasteiger partial charge in [-0.2, -0.15) is 0 Å². The summed E-state index contributed by atoms with van der Waals surface area (Å²) in [5.74, 6) is 0. The molecular weight excluding hydrogens is 828 g/mol. The van der Waals surface area contributed by atoms with Crippen molar-refractivity contribution in [2.45, 2.75) is 96.8 Å². The predicted molar refractivity (Wildman–Crippen MR) is 286 cm³/mol. The summed E-state index contributed by atoms with van der Waals surface area (Å²) in [6.45, 7) is 21.2. The second kappa shape index (κ2) is 12.4. The number of benzene rings is 8. The van der Waals surface area contributed by atoms with E-state index in [0.29, 0.717) is 0 Å². The second-order valence-electron chi connectivity index (χ2n) is 23.5. The monoisotopic (exact) mass is 880 g/mol. The van der Waals surface area contributed by atoms with Crippen molar-refractivity contribution in [2.75, 3.05) is 4.81 Å². The minimum Gasteiger partial charge on any atom is -0.456 e. The Hall–Kier alpha value is -6.98. The summed E-state index contributed by atoms with van der Waals surface area (Å²) in [5.41, 5.74) is 24.5. The fourth-order valence-electron chi connectivity index (χ4n) is 13.5. The molecule has 5 heteroatoms. The standard InChI is InChI=1S/C63H53BN2O2/c1-60(2,3)34-18-20-35(21-19-34)66-52-33-57-43(44-28-48-49(31-55(44)68-57)62(6,7)25-24-61(48,4)5)27-41(52)38-22-23-39-42-26-40-36-14-10-12-16-46(36)63(8,9)47(40)30-51(42)65-53-29-45-37-15-11-13-17-54(37)67-56(45)32-50(53)64(66)58(38)59(39)65/h10-23,26-33H,24-25H2,1-9H3. The fraction of sp³-hybridized carbons (Fsp3) is 0.238. The number of hydrogen-bond donors (Lipinski definition) is 0. The number of furan rings is 2. The van der Waals surface area contributed by atoms with Crippen molar-refractivity contribution in [3.63, 3.8) is 0 Å². The van der Waals surface area contributed by atoms with E-state index in [4.69, 9.17) is 8.83 Å². The van der Waals surface area contributed by atoms with Crippen LogP contribution in [-0.2, 0) is 21.7 Å². The van der Waals surface area contributed by atoms with E-state index in [9.17, 15) is 0 Å². The van der Waals surface area contributed by atoms with Crippen LogP contribution < -0.4 is 15.7 Å². The zero-order chi connectivity index (χ0) is 46.1. The van der Waals surface area contributed by atoms with Gasteiger partial charge in [0.2, 0.25) is 0 Å². The Balaban J connectivity index is 1.09. The number of aromatic nitrogens is 1. The van der Waals surface area contributed by atoms with E-state index >= 15 is 0 Å². The van der Waals surface area contributed by atoms with Gasteiger partial charge in [-0.1, -0.05) is 129 Å². The van der Waals surface area contributed by atoms with Gasteiger partial charge >= 0.3 is 6.85 Å². The zero-order valence-electron chi connectivity index (χ0n) is 40.4. The highest BCUT2D eigenvalue weighted by Gasteiger charge is 2.46. The molecule has 0 saturated heterocycles. The van der Waals surface area contributed by atoms with Crippen molar-refractivity contribution in [3.8, 4) is 27.9 Å². The lowest BCUT2D eigenvalue weighted by Gasteiger charge is -2.42. The first kappa shape index (κ1) is 39.1. The summed E-state index contributed by atoms with van der Waals surface area (Å²) in [4.78, 5) is 2.63. The molecule has 2 aliphatic heterocycles. The predicted octanol–water partition coefficient (Wildman–Crippen LogP) is 15.8. The maximum atomic E-state index is 7.07. The second-order valence-corrected chi connectivity index (χ2v) is 23.5. The molecule has 3 aromatic heterocycles. The van der Waals surface area contributed by atoms with Gasteiger partial charge < -0.3 is 18.2 Å². The fourth-order valence-corrected chi connectivity index (χ4v) is 13.5. The molecule has 5 heterocycles. The van der Waals surface area contributed by atoms with Gasteiger partial charge in [0.1, 0.15) is 22.3 Å². The van der Waals surface area contributed by atoms with Crippen molar-refractivity contribution in [1.82, 2.24) is 4.57 Å². The molecule has 0 saturated carbocycles. The van der Waals surface area contributed by atoms with Crippen molar-refractivity contribution in [2.24, 2.45) is 0 Å². The van der Waals surface area contributed by atoms with Gasteiger partial charge in [0, 0.05) is 66.4 Å². The summed E-state index contributed by atoms with van der Waals surface area (Å²) < 4.78 is 16.5. The first-order valence-corrected chi connectivity index (χ1v) is 24.7. The van der Waals surface area contributed by atoms with E-state index in [1.807, 2.05) is 0 Å². The van der Waals surface area contributed by atoms with Crippen LogP contribution in [0.1, 0.15) is 103 Å². The third-order valence-corrected chi connectivity index (χ3v) is 17.4. The lowest BCUT2D eigenvalue weighted by atomic mass is 9.44. The molecular formula is C63H53BN2O2. The molecule has 0 atom stereocenters. The van der Waals surface area contributed by atoms with Crippen molar-refractivity contribution >= 4 is 94.8 Å². The van der Waals surface area contributed by atoms with Crippen LogP contribution in [0.25, 0.3) is 93.6 Å². The van der Waals surface area contributed by atoms with Crippen LogP contribution in [-0.4, -0.2) is 11.4 Å². The van der Waals surface area contributed by atoms with Crippen LogP contribution in [0.4, 0.5) is 11.4 Å². The molecule has 330 valence electrons. The van der Waals surface area contributed by atoms with Crippen LogP contribution in [0, 0.1) is 0 Å². The van der Waals surface area contributed by atoms with E-state index in [1.54, 1.807) is 0 Å². The first-order valence-electron chi connectivity index (χ1n) is 24.7. The molecule has 2 aliphatic carbocycles. The van der Waals surface area contributed by atoms with Crippen LogP contribution >= 0.6 is 0 Å². The van der Waals surface area contributed by atoms with Crippen LogP contribution in [0.15, 0.2) is 142 Å². The van der Waals surface area contributed by atoms with Gasteiger partial charge in [0.05, 0.1) is 11.0 Å². The van der Waals surface area contributed by atoms with Crippen molar-refractivity contribution < 1.29 is 8.83 Å². The van der Waals surface area contributed by atoms with Gasteiger partial charge in [-0.05, 0) is 145 Å². The lowest BCUT2D eigenvalue weighted by molar-refractivity contribution is 0.332. The molecule has 0 fully saturated rings. The molecule has 4 aliphatic rings. The molecule has 15 rings (SSSR count). The summed E-state index contributed by atoms with van der Waals surface area (Å²) in [7, 11) is 0. The Morgan fingerprint density at radius 3 is 1.94 bits per heavy atom. The number of fused-ring (bicyclic) bond motifs is 18. The van der Waals surface area contributed by atoms with E-state index < -0.39 is 0 Å². The molecule has 0 spiro atoms. The Morgan fingerprint density at radius 1 is 0.485 bits per heavy atom. The summed E-state index contributed by atoms with van der Waals surface area (Å²) in [5, 5.41) is 7.23. The Bertz CT molecular complexity index is 4110. The van der Waals surface area contributed by atoms with Crippen LogP contribution in [0.5, 0.6) is 0 Å². The summed E-state index contributed by atoms with van der Waals surface area (Å²) >= 11 is 0. The topological polar surface area (TPSA) is 34.5 Å². The molecule has 8 aromatic carbocycles. The molecule has 0 radical (unpaired) electrons. The number of nitrogens with zero attached hydrogens (tertiary/aromatic N) is 2. The summed E-state index contributed by atoms with van der Waals surface area (Å²) in [6.07, 6.45) is 2.33. The lowest BCUT2D eigenvalue weighted by Crippen LogP contribution is -2.60. The smallest absolute Gasteiger partial charge is 0.333 e. The van der Waals surface area contributed by atoms with Gasteiger partial charge in [0.15, 0.2) is 0 Å². The molecule has 0 N–H and O–H groups in total. The quantitative estimate of drug-likeness (QED) is 0.154. The largest absolute Gasteiger partial charge is 0.456 e. The Labute approximate surface area is 397 Å². The Kier molecular flexibility index (Phi) is 7.11. The van der Waals surface area contributed by atoms with Gasteiger partial charge in [-0.25, -0.2) is 0 Å². The molecule has 11 aromatic rings.